The third-order valence-corrected chi connectivity index (χ3v) is 4.97. The molecule has 0 bridgehead atoms. The van der Waals surface area contributed by atoms with E-state index in [0.717, 1.165) is 3.57 Å². The number of furan rings is 1. The van der Waals surface area contributed by atoms with Gasteiger partial charge in [0.2, 0.25) is 0 Å². The third-order valence-electron chi connectivity index (χ3n) is 2.76. The number of carbonyl (C=O) groups is 1. The Bertz CT molecular complexity index is 810. The van der Waals surface area contributed by atoms with Gasteiger partial charge in [-0.2, -0.15) is 0 Å². The Morgan fingerprint density at radius 3 is 2.52 bits per heavy atom. The summed E-state index contributed by atoms with van der Waals surface area (Å²) in [6, 6.07) is 6.74. The van der Waals surface area contributed by atoms with Crippen LogP contribution < -0.4 is 4.72 Å². The molecule has 0 aliphatic heterocycles. The van der Waals surface area contributed by atoms with Crippen LogP contribution >= 0.6 is 22.6 Å². The third kappa shape index (κ3) is 3.21. The molecule has 0 aliphatic carbocycles. The number of halogens is 1. The summed E-state index contributed by atoms with van der Waals surface area (Å²) in [5, 5.41) is 9.18. The molecular weight excluding hydrogens is 409 g/mol. The highest BCUT2D eigenvalue weighted by Crippen LogP contribution is 2.28. The van der Waals surface area contributed by atoms with Gasteiger partial charge < -0.3 is 9.52 Å². The second kappa shape index (κ2) is 5.68. The highest BCUT2D eigenvalue weighted by atomic mass is 127. The van der Waals surface area contributed by atoms with Gasteiger partial charge in [0, 0.05) is 9.26 Å². The quantitative estimate of drug-likeness (QED) is 0.740. The van der Waals surface area contributed by atoms with Crippen LogP contribution in [0.1, 0.15) is 21.9 Å². The summed E-state index contributed by atoms with van der Waals surface area (Å²) in [7, 11) is -4.04. The van der Waals surface area contributed by atoms with E-state index in [-0.39, 0.29) is 22.0 Å². The van der Waals surface area contributed by atoms with Crippen molar-refractivity contribution in [2.24, 2.45) is 0 Å². The fraction of sp³-hybridized carbons (Fsp3) is 0.154. The molecular formula is C13H12INO5S. The Morgan fingerprint density at radius 2 is 1.95 bits per heavy atom. The topological polar surface area (TPSA) is 96.6 Å². The molecule has 1 aromatic carbocycles. The van der Waals surface area contributed by atoms with Crippen molar-refractivity contribution in [3.8, 4) is 0 Å². The SMILES string of the molecule is Cc1oc(C)c(S(=O)(=O)Nc2cccc(I)c2)c1C(=O)O. The number of aromatic carboxylic acids is 1. The molecule has 0 saturated carbocycles. The van der Waals surface area contributed by atoms with Crippen LogP contribution in [0, 0.1) is 17.4 Å². The predicted molar refractivity (Wildman–Crippen MR) is 85.1 cm³/mol. The maximum Gasteiger partial charge on any atom is 0.340 e. The van der Waals surface area contributed by atoms with Gasteiger partial charge in [0.1, 0.15) is 22.0 Å². The fourth-order valence-corrected chi connectivity index (χ4v) is 3.99. The first-order valence-electron chi connectivity index (χ1n) is 5.84. The Morgan fingerprint density at radius 1 is 1.29 bits per heavy atom. The summed E-state index contributed by atoms with van der Waals surface area (Å²) in [5.41, 5.74) is 0.0159. The maximum atomic E-state index is 12.4. The first-order valence-corrected chi connectivity index (χ1v) is 8.40. The zero-order valence-corrected chi connectivity index (χ0v) is 14.1. The number of hydrogen-bond acceptors (Lipinski definition) is 4. The predicted octanol–water partition coefficient (Wildman–Crippen LogP) is 3.00. The smallest absolute Gasteiger partial charge is 0.340 e. The van der Waals surface area contributed by atoms with Gasteiger partial charge in [0.25, 0.3) is 10.0 Å². The van der Waals surface area contributed by atoms with Gasteiger partial charge in [-0.15, -0.1) is 0 Å². The van der Waals surface area contributed by atoms with Gasteiger partial charge in [-0.3, -0.25) is 4.72 Å². The first kappa shape index (κ1) is 15.8. The molecule has 6 nitrogen and oxygen atoms in total. The normalized spacial score (nSPS) is 11.4. The van der Waals surface area contributed by atoms with Crippen LogP contribution in [-0.2, 0) is 10.0 Å². The van der Waals surface area contributed by atoms with Crippen molar-refractivity contribution in [1.82, 2.24) is 0 Å². The van der Waals surface area contributed by atoms with Crippen LogP contribution in [0.25, 0.3) is 0 Å². The molecule has 0 unspecified atom stereocenters. The summed E-state index contributed by atoms with van der Waals surface area (Å²) in [6.45, 7) is 2.84. The monoisotopic (exact) mass is 421 g/mol. The summed E-state index contributed by atoms with van der Waals surface area (Å²) in [4.78, 5) is 10.9. The van der Waals surface area contributed by atoms with Gasteiger partial charge in [0.15, 0.2) is 0 Å². The van der Waals surface area contributed by atoms with E-state index in [9.17, 15) is 18.3 Å². The van der Waals surface area contributed by atoms with Crippen molar-refractivity contribution in [3.63, 3.8) is 0 Å². The average molecular weight is 421 g/mol. The summed E-state index contributed by atoms with van der Waals surface area (Å²) < 4.78 is 33.2. The van der Waals surface area contributed by atoms with Gasteiger partial charge in [-0.05, 0) is 54.6 Å². The number of sulfonamides is 1. The van der Waals surface area contributed by atoms with Crippen molar-refractivity contribution in [2.75, 3.05) is 4.72 Å². The molecule has 0 saturated heterocycles. The van der Waals surface area contributed by atoms with E-state index in [2.05, 4.69) is 27.3 Å². The standard InChI is InChI=1S/C13H12INO5S/c1-7-11(13(16)17)12(8(2)20-7)21(18,19)15-10-5-3-4-9(14)6-10/h3-6,15H,1-2H3,(H,16,17). The first-order chi connectivity index (χ1) is 9.72. The molecule has 2 aromatic rings. The zero-order valence-electron chi connectivity index (χ0n) is 11.2. The molecule has 8 heteroatoms. The van der Waals surface area contributed by atoms with E-state index in [1.165, 1.54) is 13.8 Å². The maximum absolute atomic E-state index is 12.4. The number of nitrogens with one attached hydrogen (secondary N) is 1. The lowest BCUT2D eigenvalue weighted by Gasteiger charge is -2.08. The largest absolute Gasteiger partial charge is 0.478 e. The molecule has 0 radical (unpaired) electrons. The van der Waals surface area contributed by atoms with Crippen molar-refractivity contribution in [2.45, 2.75) is 18.7 Å². The second-order valence-electron chi connectivity index (χ2n) is 4.34. The highest BCUT2D eigenvalue weighted by molar-refractivity contribution is 14.1. The zero-order chi connectivity index (χ0) is 15.8. The highest BCUT2D eigenvalue weighted by Gasteiger charge is 2.30. The van der Waals surface area contributed by atoms with E-state index < -0.39 is 16.0 Å². The number of carboxylic acids is 1. The Kier molecular flexibility index (Phi) is 4.28. The molecule has 0 aliphatic rings. The van der Waals surface area contributed by atoms with Crippen molar-refractivity contribution in [3.05, 3.63) is 44.9 Å². The molecule has 1 heterocycles. The van der Waals surface area contributed by atoms with Crippen LogP contribution in [0.5, 0.6) is 0 Å². The molecule has 0 atom stereocenters. The fourth-order valence-electron chi connectivity index (χ4n) is 1.99. The van der Waals surface area contributed by atoms with E-state index in [1.807, 2.05) is 6.07 Å². The number of aryl methyl sites for hydroxylation is 2. The molecule has 0 amide bonds. The number of benzene rings is 1. The lowest BCUT2D eigenvalue weighted by Crippen LogP contribution is -2.17. The minimum atomic E-state index is -4.04. The van der Waals surface area contributed by atoms with Crippen molar-refractivity contribution >= 4 is 44.3 Å². The van der Waals surface area contributed by atoms with Gasteiger partial charge in [-0.25, -0.2) is 13.2 Å². The lowest BCUT2D eigenvalue weighted by atomic mass is 10.2. The lowest BCUT2D eigenvalue weighted by molar-refractivity contribution is 0.0691. The molecule has 0 spiro atoms. The Labute approximate surface area is 135 Å². The average Bonchev–Trinajstić information content (AvgIpc) is 2.64. The minimum Gasteiger partial charge on any atom is -0.478 e. The van der Waals surface area contributed by atoms with E-state index in [1.54, 1.807) is 18.2 Å². The number of carboxylic acid groups (broad SMARTS) is 1. The van der Waals surface area contributed by atoms with E-state index in [0.29, 0.717) is 5.69 Å². The molecule has 1 aromatic heterocycles. The van der Waals surface area contributed by atoms with Crippen molar-refractivity contribution < 1.29 is 22.7 Å². The van der Waals surface area contributed by atoms with Gasteiger partial charge in [0.05, 0.1) is 0 Å². The Hall–Kier alpha value is -1.55. The van der Waals surface area contributed by atoms with Crippen LogP contribution in [0.15, 0.2) is 33.6 Å². The van der Waals surface area contributed by atoms with Crippen LogP contribution in [0.3, 0.4) is 0 Å². The van der Waals surface area contributed by atoms with Crippen molar-refractivity contribution in [1.29, 1.82) is 0 Å². The molecule has 2 rings (SSSR count). The number of rotatable bonds is 4. The van der Waals surface area contributed by atoms with Gasteiger partial charge in [-0.1, -0.05) is 6.07 Å². The number of hydrogen-bond donors (Lipinski definition) is 2. The summed E-state index contributed by atoms with van der Waals surface area (Å²) in [5.74, 6) is -1.24. The molecule has 112 valence electrons. The van der Waals surface area contributed by atoms with E-state index >= 15 is 0 Å². The molecule has 0 fully saturated rings. The van der Waals surface area contributed by atoms with E-state index in [4.69, 9.17) is 4.42 Å². The summed E-state index contributed by atoms with van der Waals surface area (Å²) >= 11 is 2.05. The van der Waals surface area contributed by atoms with Gasteiger partial charge >= 0.3 is 5.97 Å². The van der Waals surface area contributed by atoms with Crippen LogP contribution in [0.4, 0.5) is 5.69 Å². The molecule has 21 heavy (non-hydrogen) atoms. The minimum absolute atomic E-state index is 0.0445. The second-order valence-corrected chi connectivity index (χ2v) is 7.20. The number of anilines is 1. The van der Waals surface area contributed by atoms with Crippen LogP contribution in [0.2, 0.25) is 0 Å². The Balaban J connectivity index is 2.53. The summed E-state index contributed by atoms with van der Waals surface area (Å²) in [6.07, 6.45) is 0. The van der Waals surface area contributed by atoms with Crippen LogP contribution in [-0.4, -0.2) is 19.5 Å². The molecule has 2 N–H and O–H groups in total.